The van der Waals surface area contributed by atoms with Gasteiger partial charge in [-0.25, -0.2) is 8.96 Å². The number of aromatic nitrogens is 1. The molecule has 2 atom stereocenters. The van der Waals surface area contributed by atoms with Crippen LogP contribution in [0.1, 0.15) is 43.2 Å². The summed E-state index contributed by atoms with van der Waals surface area (Å²) in [7, 11) is -4.88. The van der Waals surface area contributed by atoms with E-state index in [0.29, 0.717) is 19.1 Å². The van der Waals surface area contributed by atoms with Crippen LogP contribution in [0.2, 0.25) is 0 Å². The molecule has 4 N–H and O–H groups in total. The van der Waals surface area contributed by atoms with Crippen LogP contribution >= 0.6 is 7.82 Å². The maximum Gasteiger partial charge on any atom is 0.469 e. The lowest BCUT2D eigenvalue weighted by molar-refractivity contribution is 0.0595. The summed E-state index contributed by atoms with van der Waals surface area (Å²) in [4.78, 5) is 22.8. The third kappa shape index (κ3) is 6.13. The van der Waals surface area contributed by atoms with Gasteiger partial charge in [-0.15, -0.1) is 0 Å². The topological polar surface area (TPSA) is 128 Å². The largest absolute Gasteiger partial charge is 0.494 e. The molecule has 2 aromatic rings. The van der Waals surface area contributed by atoms with Crippen molar-refractivity contribution in [2.75, 3.05) is 37.6 Å². The number of aromatic hydroxyl groups is 2. The zero-order valence-corrected chi connectivity index (χ0v) is 22.3. The summed E-state index contributed by atoms with van der Waals surface area (Å²) in [5.74, 6) is 0.560. The van der Waals surface area contributed by atoms with Crippen LogP contribution < -0.4 is 9.64 Å². The molecular formula is C26H37FN3O7P. The summed E-state index contributed by atoms with van der Waals surface area (Å²) in [5, 5.41) is 21.3. The average Bonchev–Trinajstić information content (AvgIpc) is 3.47. The minimum atomic E-state index is -4.88. The Morgan fingerprint density at radius 1 is 0.947 bits per heavy atom. The van der Waals surface area contributed by atoms with Crippen molar-refractivity contribution in [1.29, 1.82) is 0 Å². The molecule has 3 aliphatic rings. The van der Waals surface area contributed by atoms with Gasteiger partial charge in [0.1, 0.15) is 18.0 Å². The van der Waals surface area contributed by atoms with Gasteiger partial charge in [-0.3, -0.25) is 14.0 Å². The minimum absolute atomic E-state index is 0.196. The number of halogens is 1. The summed E-state index contributed by atoms with van der Waals surface area (Å²) < 4.78 is 37.9. The lowest BCUT2D eigenvalue weighted by atomic mass is 9.91. The zero-order valence-electron chi connectivity index (χ0n) is 21.4. The smallest absolute Gasteiger partial charge is 0.469 e. The Balaban J connectivity index is 1.14. The zero-order chi connectivity index (χ0) is 26.9. The molecule has 1 aromatic carbocycles. The fraction of sp³-hybridized carbons (Fsp3) is 0.615. The summed E-state index contributed by atoms with van der Waals surface area (Å²) in [5.41, 5.74) is 1.69. The van der Waals surface area contributed by atoms with Gasteiger partial charge in [0.05, 0.1) is 11.8 Å². The number of nitrogens with zero attached hydrogens (tertiary/aromatic N) is 3. The summed E-state index contributed by atoms with van der Waals surface area (Å²) in [6, 6.07) is 8.25. The lowest BCUT2D eigenvalue weighted by Gasteiger charge is -2.37. The number of phosphoric ester groups is 1. The normalized spacial score (nSPS) is 23.1. The number of fused-ring (bicyclic) bond motifs is 1. The molecule has 0 radical (unpaired) electrons. The van der Waals surface area contributed by atoms with Crippen LogP contribution in [0, 0.1) is 0 Å². The second-order valence-electron chi connectivity index (χ2n) is 10.5. The van der Waals surface area contributed by atoms with Crippen molar-refractivity contribution in [3.05, 3.63) is 35.4 Å². The van der Waals surface area contributed by atoms with Crippen molar-refractivity contribution in [2.24, 2.45) is 0 Å². The third-order valence-corrected chi connectivity index (χ3v) is 8.47. The Morgan fingerprint density at radius 3 is 2.29 bits per heavy atom. The van der Waals surface area contributed by atoms with Crippen LogP contribution in [-0.2, 0) is 28.5 Å². The molecule has 1 aromatic heterocycles. The Hall–Kier alpha value is -2.30. The fourth-order valence-corrected chi connectivity index (χ4v) is 6.50. The average molecular weight is 554 g/mol. The highest BCUT2D eigenvalue weighted by Gasteiger charge is 2.39. The number of hydrogen-bond acceptors (Lipinski definition) is 7. The third-order valence-electron chi connectivity index (χ3n) is 7.93. The van der Waals surface area contributed by atoms with Gasteiger partial charge in [0.2, 0.25) is 0 Å². The first kappa shape index (κ1) is 27.3. The van der Waals surface area contributed by atoms with E-state index in [4.69, 9.17) is 14.5 Å². The number of rotatable bonds is 9. The molecule has 1 aliphatic heterocycles. The van der Waals surface area contributed by atoms with Crippen LogP contribution in [0.5, 0.6) is 17.5 Å². The van der Waals surface area contributed by atoms with Crippen molar-refractivity contribution < 1.29 is 38.2 Å². The number of piperazine rings is 1. The predicted octanol–water partition coefficient (Wildman–Crippen LogP) is 3.35. The van der Waals surface area contributed by atoms with Crippen molar-refractivity contribution >= 4 is 13.5 Å². The van der Waals surface area contributed by atoms with E-state index in [1.54, 1.807) is 0 Å². The van der Waals surface area contributed by atoms with Crippen molar-refractivity contribution in [3.8, 4) is 17.5 Å². The molecule has 1 saturated heterocycles. The first-order chi connectivity index (χ1) is 18.2. The van der Waals surface area contributed by atoms with Gasteiger partial charge in [-0.1, -0.05) is 12.1 Å². The minimum Gasteiger partial charge on any atom is -0.494 e. The number of anilines is 1. The van der Waals surface area contributed by atoms with E-state index < -0.39 is 20.1 Å². The van der Waals surface area contributed by atoms with E-state index in [2.05, 4.69) is 26.5 Å². The van der Waals surface area contributed by atoms with Gasteiger partial charge in [0.15, 0.2) is 11.8 Å². The second kappa shape index (κ2) is 11.4. The Bertz CT molecular complexity index is 1160. The Kier molecular flexibility index (Phi) is 8.21. The monoisotopic (exact) mass is 553 g/mol. The van der Waals surface area contributed by atoms with Gasteiger partial charge in [0.25, 0.3) is 0 Å². The van der Waals surface area contributed by atoms with Gasteiger partial charge in [-0.05, 0) is 50.8 Å². The maximum atomic E-state index is 14.5. The molecule has 5 rings (SSSR count). The quantitative estimate of drug-likeness (QED) is 0.346. The van der Waals surface area contributed by atoms with Crippen LogP contribution in [0.25, 0.3) is 0 Å². The number of para-hydroxylation sites is 2. The summed E-state index contributed by atoms with van der Waals surface area (Å²) in [6.07, 6.45) is 2.10. The van der Waals surface area contributed by atoms with E-state index in [1.807, 2.05) is 12.1 Å². The van der Waals surface area contributed by atoms with Gasteiger partial charge in [0, 0.05) is 56.7 Å². The molecule has 2 fully saturated rings. The SMILES string of the molecule is O=P(O)(O)OC1Cc2c(c(O)n(CCCN3CCN(c4ccccc4OC4CCCC4)CC3)c2O)CC1F. The molecule has 1 saturated carbocycles. The maximum absolute atomic E-state index is 14.5. The molecule has 10 nitrogen and oxygen atoms in total. The van der Waals surface area contributed by atoms with Gasteiger partial charge in [-0.2, -0.15) is 0 Å². The number of phosphoric acid groups is 1. The van der Waals surface area contributed by atoms with E-state index in [1.165, 1.54) is 17.4 Å². The van der Waals surface area contributed by atoms with E-state index in [9.17, 15) is 19.2 Å². The van der Waals surface area contributed by atoms with Crippen LogP contribution in [0.4, 0.5) is 10.1 Å². The Labute approximate surface area is 221 Å². The van der Waals surface area contributed by atoms with Crippen molar-refractivity contribution in [1.82, 2.24) is 9.47 Å². The fourth-order valence-electron chi connectivity index (χ4n) is 5.94. The molecule has 0 bridgehead atoms. The molecule has 0 spiro atoms. The molecule has 2 heterocycles. The van der Waals surface area contributed by atoms with Crippen molar-refractivity contribution in [2.45, 2.75) is 69.9 Å². The predicted molar refractivity (Wildman–Crippen MR) is 140 cm³/mol. The van der Waals surface area contributed by atoms with Crippen LogP contribution in [0.15, 0.2) is 24.3 Å². The number of benzene rings is 1. The summed E-state index contributed by atoms with van der Waals surface area (Å²) >= 11 is 0. The Morgan fingerprint density at radius 2 is 1.61 bits per heavy atom. The summed E-state index contributed by atoms with van der Waals surface area (Å²) in [6.45, 7) is 4.61. The van der Waals surface area contributed by atoms with E-state index in [0.717, 1.165) is 57.0 Å². The van der Waals surface area contributed by atoms with E-state index >= 15 is 0 Å². The van der Waals surface area contributed by atoms with Gasteiger partial charge < -0.3 is 29.6 Å². The highest BCUT2D eigenvalue weighted by molar-refractivity contribution is 7.46. The molecule has 2 unspecified atom stereocenters. The molecule has 38 heavy (non-hydrogen) atoms. The number of hydrogen-bond donors (Lipinski definition) is 4. The van der Waals surface area contributed by atoms with Crippen LogP contribution in [0.3, 0.4) is 0 Å². The molecule has 0 amide bonds. The van der Waals surface area contributed by atoms with Crippen molar-refractivity contribution in [3.63, 3.8) is 0 Å². The highest BCUT2D eigenvalue weighted by Crippen LogP contribution is 2.45. The molecule has 210 valence electrons. The molecular weight excluding hydrogens is 516 g/mol. The second-order valence-corrected chi connectivity index (χ2v) is 11.7. The van der Waals surface area contributed by atoms with Gasteiger partial charge >= 0.3 is 7.82 Å². The first-order valence-corrected chi connectivity index (χ1v) is 15.0. The van der Waals surface area contributed by atoms with E-state index in [-0.39, 0.29) is 35.7 Å². The molecule has 2 aliphatic carbocycles. The first-order valence-electron chi connectivity index (χ1n) is 13.4. The lowest BCUT2D eigenvalue weighted by Crippen LogP contribution is -2.46. The standard InChI is InChI=1S/C26H37FN3O7P/c27-21-16-19-20(17-24(21)37-38(33,34)35)26(32)30(25(19)31)11-5-10-28-12-14-29(15-13-28)22-8-3-4-9-23(22)36-18-6-1-2-7-18/h3-4,8-9,18,21,24,31-32H,1-2,5-7,10-17H2,(H2,33,34,35). The van der Waals surface area contributed by atoms with Crippen LogP contribution in [-0.4, -0.2) is 80.6 Å². The number of alkyl halides is 1. The number of ether oxygens (including phenoxy) is 1. The highest BCUT2D eigenvalue weighted by atomic mass is 31.2. The molecule has 12 heteroatoms.